The minimum Gasteiger partial charge on any atom is -0.462 e. The van der Waals surface area contributed by atoms with E-state index in [0.717, 1.165) is 11.1 Å². The Morgan fingerprint density at radius 3 is 2.08 bits per heavy atom. The van der Waals surface area contributed by atoms with Gasteiger partial charge in [0.1, 0.15) is 11.5 Å². The number of carbonyl (C=O) groups is 2. The molecule has 3 aliphatic heterocycles. The van der Waals surface area contributed by atoms with Gasteiger partial charge in [-0.3, -0.25) is 0 Å². The summed E-state index contributed by atoms with van der Waals surface area (Å²) in [6.07, 6.45) is 1.28. The molecule has 0 spiro atoms. The predicted octanol–water partition coefficient (Wildman–Crippen LogP) is 4.23. The molecule has 0 atom stereocenters. The number of carbonyl (C=O) groups excluding carboxylic acids is 2. The molecule has 5 heteroatoms. The van der Waals surface area contributed by atoms with Crippen LogP contribution in [-0.4, -0.2) is 25.2 Å². The third kappa shape index (κ3) is 2.73. The van der Waals surface area contributed by atoms with Gasteiger partial charge in [0.2, 0.25) is 0 Å². The first-order chi connectivity index (χ1) is 12.5. The fraction of sp³-hybridized carbons (Fsp3) is 0.333. The fourth-order valence-corrected chi connectivity index (χ4v) is 3.45. The summed E-state index contributed by atoms with van der Waals surface area (Å²) in [6.45, 7) is 4.73. The molecule has 5 rings (SSSR count). The summed E-state index contributed by atoms with van der Waals surface area (Å²) in [6, 6.07) is 10.7. The molecule has 5 nitrogen and oxygen atoms in total. The quantitative estimate of drug-likeness (QED) is 0.664. The van der Waals surface area contributed by atoms with Crippen LogP contribution in [0.4, 0.5) is 0 Å². The Hall–Kier alpha value is -2.82. The van der Waals surface area contributed by atoms with Crippen LogP contribution in [0.3, 0.4) is 0 Å². The van der Waals surface area contributed by atoms with E-state index in [4.69, 9.17) is 14.2 Å². The Kier molecular flexibility index (Phi) is 3.94. The Balaban J connectivity index is 1.85. The number of ether oxygens (including phenoxy) is 3. The average Bonchev–Trinajstić information content (AvgIpc) is 2.63. The van der Waals surface area contributed by atoms with E-state index < -0.39 is 0 Å². The number of benzene rings is 2. The van der Waals surface area contributed by atoms with Crippen LogP contribution in [0, 0.1) is 0 Å². The van der Waals surface area contributed by atoms with E-state index in [-0.39, 0.29) is 24.0 Å². The van der Waals surface area contributed by atoms with E-state index in [0.29, 0.717) is 42.1 Å². The summed E-state index contributed by atoms with van der Waals surface area (Å²) in [5.74, 6) is 0.587. The molecule has 0 unspecified atom stereocenters. The number of esters is 2. The Morgan fingerprint density at radius 1 is 0.769 bits per heavy atom. The van der Waals surface area contributed by atoms with Gasteiger partial charge in [-0.25, -0.2) is 9.59 Å². The van der Waals surface area contributed by atoms with Crippen molar-refractivity contribution in [2.24, 2.45) is 0 Å². The molecular weight excluding hydrogens is 332 g/mol. The van der Waals surface area contributed by atoms with Crippen LogP contribution in [0.2, 0.25) is 0 Å². The Bertz CT molecular complexity index is 897. The molecule has 6 bridgehead atoms. The second-order valence-corrected chi connectivity index (χ2v) is 7.13. The van der Waals surface area contributed by atoms with Gasteiger partial charge in [-0.15, -0.1) is 0 Å². The third-order valence-electron chi connectivity index (χ3n) is 5.00. The lowest BCUT2D eigenvalue weighted by atomic mass is 9.75. The van der Waals surface area contributed by atoms with Crippen molar-refractivity contribution < 1.29 is 23.8 Å². The summed E-state index contributed by atoms with van der Waals surface area (Å²) >= 11 is 0. The second kappa shape index (κ2) is 6.16. The van der Waals surface area contributed by atoms with Crippen LogP contribution in [0.25, 0.3) is 0 Å². The van der Waals surface area contributed by atoms with Crippen molar-refractivity contribution in [3.05, 3.63) is 58.7 Å². The lowest BCUT2D eigenvalue weighted by Crippen LogP contribution is -2.25. The highest BCUT2D eigenvalue weighted by Gasteiger charge is 2.35. The summed E-state index contributed by atoms with van der Waals surface area (Å²) in [5.41, 5.74) is 2.48. The molecular formula is C21H20O5. The van der Waals surface area contributed by atoms with E-state index in [9.17, 15) is 9.59 Å². The summed E-state index contributed by atoms with van der Waals surface area (Å²) in [4.78, 5) is 24.6. The predicted molar refractivity (Wildman–Crippen MR) is 94.9 cm³/mol. The monoisotopic (exact) mass is 352 g/mol. The van der Waals surface area contributed by atoms with E-state index in [1.807, 2.05) is 12.1 Å². The lowest BCUT2D eigenvalue weighted by molar-refractivity contribution is 0.0431. The van der Waals surface area contributed by atoms with Gasteiger partial charge in [-0.1, -0.05) is 19.9 Å². The van der Waals surface area contributed by atoms with Gasteiger partial charge in [-0.05, 0) is 43.2 Å². The van der Waals surface area contributed by atoms with E-state index in [1.54, 1.807) is 24.3 Å². The molecule has 0 saturated carbocycles. The van der Waals surface area contributed by atoms with Crippen molar-refractivity contribution in [2.45, 2.75) is 32.1 Å². The van der Waals surface area contributed by atoms with E-state index in [1.165, 1.54) is 0 Å². The van der Waals surface area contributed by atoms with Gasteiger partial charge in [0.05, 0.1) is 24.3 Å². The normalized spacial score (nSPS) is 18.4. The molecule has 0 amide bonds. The maximum atomic E-state index is 12.3. The summed E-state index contributed by atoms with van der Waals surface area (Å²) < 4.78 is 16.7. The molecule has 0 aliphatic carbocycles. The highest BCUT2D eigenvalue weighted by Crippen LogP contribution is 2.48. The summed E-state index contributed by atoms with van der Waals surface area (Å²) in [5, 5.41) is 0. The first kappa shape index (κ1) is 16.6. The third-order valence-corrected chi connectivity index (χ3v) is 5.00. The average molecular weight is 352 g/mol. The summed E-state index contributed by atoms with van der Waals surface area (Å²) in [7, 11) is 0. The maximum Gasteiger partial charge on any atom is 0.338 e. The lowest BCUT2D eigenvalue weighted by Gasteiger charge is -2.34. The molecule has 3 aliphatic rings. The molecule has 26 heavy (non-hydrogen) atoms. The highest BCUT2D eigenvalue weighted by molar-refractivity contribution is 5.91. The largest absolute Gasteiger partial charge is 0.462 e. The smallest absolute Gasteiger partial charge is 0.338 e. The van der Waals surface area contributed by atoms with Gasteiger partial charge in [0.25, 0.3) is 0 Å². The first-order valence-corrected chi connectivity index (χ1v) is 8.78. The van der Waals surface area contributed by atoms with Gasteiger partial charge in [-0.2, -0.15) is 0 Å². The Labute approximate surface area is 151 Å². The topological polar surface area (TPSA) is 61.8 Å². The zero-order valence-electron chi connectivity index (χ0n) is 14.8. The van der Waals surface area contributed by atoms with Gasteiger partial charge >= 0.3 is 11.9 Å². The van der Waals surface area contributed by atoms with Crippen LogP contribution in [0.15, 0.2) is 36.4 Å². The molecule has 134 valence electrons. The van der Waals surface area contributed by atoms with Crippen LogP contribution < -0.4 is 4.74 Å². The van der Waals surface area contributed by atoms with Gasteiger partial charge in [0.15, 0.2) is 0 Å². The maximum absolute atomic E-state index is 12.3. The van der Waals surface area contributed by atoms with Crippen molar-refractivity contribution in [1.82, 2.24) is 0 Å². The molecule has 0 radical (unpaired) electrons. The van der Waals surface area contributed by atoms with Crippen LogP contribution in [0.1, 0.15) is 58.5 Å². The minimum atomic E-state index is -0.376. The highest BCUT2D eigenvalue weighted by atomic mass is 16.5. The molecule has 3 heterocycles. The zero-order valence-corrected chi connectivity index (χ0v) is 14.8. The van der Waals surface area contributed by atoms with Crippen LogP contribution in [0.5, 0.6) is 11.5 Å². The first-order valence-electron chi connectivity index (χ1n) is 8.78. The number of hydrogen-bond acceptors (Lipinski definition) is 5. The molecule has 0 N–H and O–H groups in total. The molecule has 2 aromatic carbocycles. The van der Waals surface area contributed by atoms with Gasteiger partial charge in [0, 0.05) is 16.5 Å². The SMILES string of the molecule is CC1(C)c2ccc3cc2Oc2ccc(cc21)C(=O)OCCCCOC3=O. The van der Waals surface area contributed by atoms with E-state index >= 15 is 0 Å². The molecule has 2 aromatic rings. The number of fused-ring (bicyclic) bond motifs is 9. The van der Waals surface area contributed by atoms with Crippen molar-refractivity contribution in [2.75, 3.05) is 13.2 Å². The van der Waals surface area contributed by atoms with Gasteiger partial charge < -0.3 is 14.2 Å². The zero-order chi connectivity index (χ0) is 18.3. The standard InChI is InChI=1S/C21H20O5/c1-21(2)15-7-5-14-12-18(15)26-17-8-6-13(11-16(17)21)19(22)24-9-3-4-10-25-20(14)23/h5-8,11-12H,3-4,9-10H2,1-2H3. The van der Waals surface area contributed by atoms with Crippen molar-refractivity contribution >= 4 is 11.9 Å². The number of rotatable bonds is 0. The van der Waals surface area contributed by atoms with Crippen molar-refractivity contribution in [3.63, 3.8) is 0 Å². The van der Waals surface area contributed by atoms with E-state index in [2.05, 4.69) is 13.8 Å². The van der Waals surface area contributed by atoms with Crippen LogP contribution >= 0.6 is 0 Å². The number of hydrogen-bond donors (Lipinski definition) is 0. The molecule has 0 saturated heterocycles. The molecule has 0 fully saturated rings. The van der Waals surface area contributed by atoms with Crippen molar-refractivity contribution in [1.29, 1.82) is 0 Å². The Morgan fingerprint density at radius 2 is 1.38 bits per heavy atom. The van der Waals surface area contributed by atoms with Crippen molar-refractivity contribution in [3.8, 4) is 11.5 Å². The molecule has 0 aromatic heterocycles. The second-order valence-electron chi connectivity index (χ2n) is 7.13. The minimum absolute atomic E-state index is 0.289. The van der Waals surface area contributed by atoms with Crippen LogP contribution in [-0.2, 0) is 14.9 Å². The fourth-order valence-electron chi connectivity index (χ4n) is 3.45.